The Labute approximate surface area is 285 Å². The molecule has 3 aromatic rings. The van der Waals surface area contributed by atoms with Crippen molar-refractivity contribution < 1.29 is 24.0 Å². The van der Waals surface area contributed by atoms with Gasteiger partial charge in [0.2, 0.25) is 0 Å². The zero-order valence-electron chi connectivity index (χ0n) is 29.6. The number of rotatable bonds is 8. The van der Waals surface area contributed by atoms with Crippen LogP contribution in [0, 0.1) is 17.3 Å². The van der Waals surface area contributed by atoms with E-state index in [0.717, 1.165) is 16.7 Å². The first kappa shape index (κ1) is 35.5. The van der Waals surface area contributed by atoms with Crippen molar-refractivity contribution in [1.82, 2.24) is 0 Å². The maximum absolute atomic E-state index is 14.4. The SMILES string of the molecule is Cc1cc(C[N@@+]2([O-])CCC[C@@H]2C(=O)Nc2ccccc2C(C)(C)C)c(O)c(C[N@@+]2([O-])CCC[C@@H]2C(=O)Nc2ccccc2C(C)(C)C)c1. The summed E-state index contributed by atoms with van der Waals surface area (Å²) >= 11 is 0. The highest BCUT2D eigenvalue weighted by Crippen LogP contribution is 2.38. The first-order chi connectivity index (χ1) is 22.4. The molecule has 4 atom stereocenters. The highest BCUT2D eigenvalue weighted by atomic mass is 16.6. The van der Waals surface area contributed by atoms with Gasteiger partial charge in [0.1, 0.15) is 18.8 Å². The Balaban J connectivity index is 1.35. The van der Waals surface area contributed by atoms with Gasteiger partial charge in [-0.25, -0.2) is 0 Å². The molecular weight excluding hydrogens is 604 g/mol. The molecule has 0 aliphatic carbocycles. The molecule has 9 heteroatoms. The third-order valence-corrected chi connectivity index (χ3v) is 10.0. The van der Waals surface area contributed by atoms with E-state index in [1.807, 2.05) is 55.5 Å². The number of anilines is 2. The minimum absolute atomic E-state index is 0.0914. The number of amides is 2. The summed E-state index contributed by atoms with van der Waals surface area (Å²) in [5, 5.41) is 46.3. The number of nitrogens with zero attached hydrogens (tertiary/aromatic N) is 2. The summed E-state index contributed by atoms with van der Waals surface area (Å²) < 4.78 is -1.56. The van der Waals surface area contributed by atoms with Gasteiger partial charge in [0.15, 0.2) is 12.1 Å². The summed E-state index contributed by atoms with van der Waals surface area (Å²) in [5.41, 5.74) is 4.62. The Morgan fingerprint density at radius 3 is 1.48 bits per heavy atom. The third kappa shape index (κ3) is 7.44. The van der Waals surface area contributed by atoms with Gasteiger partial charge in [0, 0.05) is 48.2 Å². The van der Waals surface area contributed by atoms with Gasteiger partial charge >= 0.3 is 0 Å². The molecule has 2 saturated heterocycles. The predicted octanol–water partition coefficient (Wildman–Crippen LogP) is 7.53. The Kier molecular flexibility index (Phi) is 9.83. The largest absolute Gasteiger partial charge is 0.632 e. The fourth-order valence-corrected chi connectivity index (χ4v) is 7.63. The molecule has 2 aliphatic heterocycles. The first-order valence-corrected chi connectivity index (χ1v) is 17.2. The molecule has 2 amide bonds. The monoisotopic (exact) mass is 656 g/mol. The molecule has 2 aliphatic rings. The van der Waals surface area contributed by atoms with Crippen LogP contribution in [0.4, 0.5) is 11.4 Å². The third-order valence-electron chi connectivity index (χ3n) is 10.0. The summed E-state index contributed by atoms with van der Waals surface area (Å²) in [6, 6.07) is 17.2. The molecule has 2 heterocycles. The van der Waals surface area contributed by atoms with Crippen molar-refractivity contribution in [3.8, 4) is 5.75 Å². The van der Waals surface area contributed by atoms with Crippen LogP contribution in [-0.4, -0.2) is 51.4 Å². The standard InChI is InChI=1S/C39H52N4O5/c1-26-22-27(24-42(47)20-12-18-33(42)36(45)40-31-16-10-8-14-29(31)38(2,3)4)35(44)28(23-26)25-43(48)21-13-19-34(43)37(46)41-32-17-11-9-15-30(32)39(5,6)7/h8-11,14-17,22-23,33-34,44H,12-13,18-21,24-25H2,1-7H3,(H,40,45)(H,41,46)/t33-,34-,42+,43+/m1/s1. The van der Waals surface area contributed by atoms with Crippen LogP contribution in [0.5, 0.6) is 5.75 Å². The van der Waals surface area contributed by atoms with Crippen LogP contribution in [0.1, 0.15) is 95.0 Å². The van der Waals surface area contributed by atoms with Crippen LogP contribution in [0.2, 0.25) is 0 Å². The van der Waals surface area contributed by atoms with E-state index >= 15 is 0 Å². The Morgan fingerprint density at radius 2 is 1.10 bits per heavy atom. The lowest BCUT2D eigenvalue weighted by molar-refractivity contribution is -0.897. The van der Waals surface area contributed by atoms with Gasteiger partial charge in [-0.1, -0.05) is 77.9 Å². The second-order valence-corrected chi connectivity index (χ2v) is 16.0. The van der Waals surface area contributed by atoms with Crippen molar-refractivity contribution in [2.45, 2.75) is 110 Å². The lowest BCUT2D eigenvalue weighted by Gasteiger charge is -2.44. The van der Waals surface area contributed by atoms with E-state index < -0.39 is 21.4 Å². The molecule has 3 N–H and O–H groups in total. The second kappa shape index (κ2) is 13.3. The van der Waals surface area contributed by atoms with Crippen molar-refractivity contribution in [2.75, 3.05) is 23.7 Å². The average Bonchev–Trinajstić information content (AvgIpc) is 3.57. The quantitative estimate of drug-likeness (QED) is 0.171. The molecule has 0 unspecified atom stereocenters. The lowest BCUT2D eigenvalue weighted by atomic mass is 9.85. The maximum atomic E-state index is 14.4. The Morgan fingerprint density at radius 1 is 0.729 bits per heavy atom. The van der Waals surface area contributed by atoms with E-state index in [9.17, 15) is 25.1 Å². The number of phenols is 1. The van der Waals surface area contributed by atoms with Crippen LogP contribution >= 0.6 is 0 Å². The van der Waals surface area contributed by atoms with Crippen molar-refractivity contribution in [2.24, 2.45) is 0 Å². The van der Waals surface area contributed by atoms with Crippen LogP contribution < -0.4 is 10.6 Å². The number of aryl methyl sites for hydroxylation is 1. The van der Waals surface area contributed by atoms with Crippen molar-refractivity contribution in [3.05, 3.63) is 98.9 Å². The predicted molar refractivity (Wildman–Crippen MR) is 191 cm³/mol. The van der Waals surface area contributed by atoms with E-state index in [2.05, 4.69) is 52.2 Å². The number of hydrogen-bond donors (Lipinski definition) is 3. The minimum atomic E-state index is -0.832. The zero-order valence-corrected chi connectivity index (χ0v) is 29.6. The summed E-state index contributed by atoms with van der Waals surface area (Å²) in [7, 11) is 0. The number of nitrogens with one attached hydrogen (secondary N) is 2. The van der Waals surface area contributed by atoms with Crippen LogP contribution in [-0.2, 0) is 33.5 Å². The molecule has 0 bridgehead atoms. The van der Waals surface area contributed by atoms with Crippen molar-refractivity contribution in [3.63, 3.8) is 0 Å². The highest BCUT2D eigenvalue weighted by molar-refractivity contribution is 5.95. The fraction of sp³-hybridized carbons (Fsp3) is 0.487. The van der Waals surface area contributed by atoms with E-state index in [1.54, 1.807) is 12.1 Å². The van der Waals surface area contributed by atoms with Gasteiger partial charge in [-0.2, -0.15) is 0 Å². The van der Waals surface area contributed by atoms with Crippen molar-refractivity contribution >= 4 is 23.2 Å². The molecule has 0 saturated carbocycles. The normalized spacial score (nSPS) is 24.4. The smallest absolute Gasteiger partial charge is 0.283 e. The van der Waals surface area contributed by atoms with E-state index in [1.165, 1.54) is 0 Å². The van der Waals surface area contributed by atoms with Gasteiger partial charge in [0.05, 0.1) is 13.1 Å². The van der Waals surface area contributed by atoms with Gasteiger partial charge < -0.3 is 35.4 Å². The number of benzene rings is 3. The summed E-state index contributed by atoms with van der Waals surface area (Å²) in [6.45, 7) is 14.7. The summed E-state index contributed by atoms with van der Waals surface area (Å²) in [4.78, 5) is 27.3. The summed E-state index contributed by atoms with van der Waals surface area (Å²) in [6.07, 6.45) is 2.08. The Bertz CT molecular complexity index is 1560. The van der Waals surface area contributed by atoms with E-state index in [4.69, 9.17) is 0 Å². The highest BCUT2D eigenvalue weighted by Gasteiger charge is 2.43. The molecule has 5 rings (SSSR count). The van der Waals surface area contributed by atoms with Gasteiger partial charge in [-0.3, -0.25) is 9.59 Å². The number of quaternary nitrogens is 2. The first-order valence-electron chi connectivity index (χ1n) is 17.2. The number of carbonyl (C=O) groups excluding carboxylic acids is 2. The molecule has 0 aromatic heterocycles. The van der Waals surface area contributed by atoms with Crippen LogP contribution in [0.3, 0.4) is 0 Å². The number of likely N-dealkylation sites (tertiary alicyclic amines) is 2. The van der Waals surface area contributed by atoms with E-state index in [-0.39, 0.29) is 54.6 Å². The molecule has 3 aromatic carbocycles. The van der Waals surface area contributed by atoms with Crippen LogP contribution in [0.25, 0.3) is 0 Å². The molecule has 2 fully saturated rings. The maximum Gasteiger partial charge on any atom is 0.283 e. The number of aromatic hydroxyl groups is 1. The van der Waals surface area contributed by atoms with Crippen molar-refractivity contribution in [1.29, 1.82) is 0 Å². The number of phenolic OH excluding ortho intramolecular Hbond substituents is 1. The zero-order chi connectivity index (χ0) is 35.1. The van der Waals surface area contributed by atoms with Gasteiger partial charge in [-0.15, -0.1) is 0 Å². The second-order valence-electron chi connectivity index (χ2n) is 16.0. The number of para-hydroxylation sites is 2. The number of hydroxylamine groups is 6. The van der Waals surface area contributed by atoms with Crippen LogP contribution in [0.15, 0.2) is 60.7 Å². The molecule has 9 nitrogen and oxygen atoms in total. The summed E-state index contributed by atoms with van der Waals surface area (Å²) in [5.74, 6) is -0.750. The Hall–Kier alpha value is -3.76. The van der Waals surface area contributed by atoms with Gasteiger partial charge in [0.25, 0.3) is 11.8 Å². The molecule has 0 radical (unpaired) electrons. The molecular formula is C39H52N4O5. The average molecular weight is 657 g/mol. The number of carbonyl (C=O) groups is 2. The molecule has 0 spiro atoms. The minimum Gasteiger partial charge on any atom is -0.632 e. The van der Waals surface area contributed by atoms with Gasteiger partial charge in [-0.05, 0) is 58.7 Å². The molecule has 48 heavy (non-hydrogen) atoms. The lowest BCUT2D eigenvalue weighted by Crippen LogP contribution is -2.52. The number of hydrogen-bond acceptors (Lipinski definition) is 5. The fourth-order valence-electron chi connectivity index (χ4n) is 7.63. The topological polar surface area (TPSA) is 125 Å². The molecule has 258 valence electrons. The van der Waals surface area contributed by atoms with E-state index in [0.29, 0.717) is 48.2 Å².